The van der Waals surface area contributed by atoms with Gasteiger partial charge in [0.25, 0.3) is 0 Å². The molecule has 0 heterocycles. The molecule has 4 nitrogen and oxygen atoms in total. The minimum absolute atomic E-state index is 0.0575. The van der Waals surface area contributed by atoms with Crippen LogP contribution in [0.2, 0.25) is 10.0 Å². The smallest absolute Gasteiger partial charge is 0.394 e. The van der Waals surface area contributed by atoms with Gasteiger partial charge in [0.15, 0.2) is 11.5 Å². The van der Waals surface area contributed by atoms with Crippen LogP contribution in [0.1, 0.15) is 0 Å². The Morgan fingerprint density at radius 1 is 0.842 bits per heavy atom. The first-order valence-electron chi connectivity index (χ1n) is 5.19. The summed E-state index contributed by atoms with van der Waals surface area (Å²) >= 11 is 11.7. The van der Waals surface area contributed by atoms with Crippen molar-refractivity contribution in [1.29, 1.82) is 0 Å². The molecular formula is C12H9Cl2O4P. The highest BCUT2D eigenvalue weighted by molar-refractivity contribution is 7.48. The Morgan fingerprint density at radius 2 is 1.21 bits per heavy atom. The summed E-state index contributed by atoms with van der Waals surface area (Å²) in [5.74, 6) is 0.115. The summed E-state index contributed by atoms with van der Waals surface area (Å²) in [6.07, 6.45) is 0. The SMILES string of the molecule is O=P(O)(Oc1ccccc1Cl)Oc1ccccc1Cl. The van der Waals surface area contributed by atoms with Crippen LogP contribution in [-0.4, -0.2) is 4.89 Å². The van der Waals surface area contributed by atoms with Crippen LogP contribution in [0.25, 0.3) is 0 Å². The Labute approximate surface area is 120 Å². The highest BCUT2D eigenvalue weighted by atomic mass is 35.5. The zero-order valence-corrected chi connectivity index (χ0v) is 11.9. The van der Waals surface area contributed by atoms with Gasteiger partial charge in [-0.3, -0.25) is 4.89 Å². The van der Waals surface area contributed by atoms with E-state index in [0.717, 1.165) is 0 Å². The van der Waals surface area contributed by atoms with Crippen LogP contribution in [-0.2, 0) is 4.57 Å². The molecule has 0 bridgehead atoms. The molecule has 2 rings (SSSR count). The lowest BCUT2D eigenvalue weighted by molar-refractivity contribution is 0.291. The summed E-state index contributed by atoms with van der Waals surface area (Å²) in [6.45, 7) is 0. The van der Waals surface area contributed by atoms with Crippen molar-refractivity contribution in [3.8, 4) is 11.5 Å². The van der Waals surface area contributed by atoms with Crippen molar-refractivity contribution in [3.63, 3.8) is 0 Å². The van der Waals surface area contributed by atoms with E-state index in [9.17, 15) is 9.46 Å². The van der Waals surface area contributed by atoms with Crippen LogP contribution in [0.15, 0.2) is 48.5 Å². The average molecular weight is 319 g/mol. The zero-order valence-electron chi connectivity index (χ0n) is 9.49. The third-order valence-electron chi connectivity index (χ3n) is 2.10. The molecule has 1 N–H and O–H groups in total. The molecule has 0 fully saturated rings. The summed E-state index contributed by atoms with van der Waals surface area (Å²) in [6, 6.07) is 12.6. The van der Waals surface area contributed by atoms with E-state index in [1.54, 1.807) is 24.3 Å². The molecule has 0 saturated carbocycles. The fraction of sp³-hybridized carbons (Fsp3) is 0. The van der Waals surface area contributed by atoms with Crippen molar-refractivity contribution >= 4 is 31.0 Å². The molecule has 0 radical (unpaired) electrons. The van der Waals surface area contributed by atoms with Crippen molar-refractivity contribution < 1.29 is 18.5 Å². The monoisotopic (exact) mass is 318 g/mol. The van der Waals surface area contributed by atoms with Gasteiger partial charge in [0.1, 0.15) is 0 Å². The summed E-state index contributed by atoms with van der Waals surface area (Å²) in [5, 5.41) is 0.416. The normalized spacial score (nSPS) is 11.1. The van der Waals surface area contributed by atoms with E-state index in [4.69, 9.17) is 32.2 Å². The number of phosphoric acid groups is 1. The van der Waals surface area contributed by atoms with Gasteiger partial charge in [-0.1, -0.05) is 47.5 Å². The molecule has 0 saturated heterocycles. The number of para-hydroxylation sites is 2. The first-order chi connectivity index (χ1) is 8.98. The van der Waals surface area contributed by atoms with Gasteiger partial charge in [-0.25, -0.2) is 4.57 Å². The second kappa shape index (κ2) is 5.85. The van der Waals surface area contributed by atoms with E-state index in [1.165, 1.54) is 24.3 Å². The summed E-state index contributed by atoms with van der Waals surface area (Å²) in [7, 11) is -4.36. The van der Waals surface area contributed by atoms with Gasteiger partial charge < -0.3 is 9.05 Å². The second-order valence-corrected chi connectivity index (χ2v) is 5.63. The molecule has 7 heteroatoms. The van der Waals surface area contributed by atoms with E-state index in [1.807, 2.05) is 0 Å². The van der Waals surface area contributed by atoms with Crippen LogP contribution in [0.4, 0.5) is 0 Å². The van der Waals surface area contributed by atoms with Gasteiger partial charge in [0.2, 0.25) is 0 Å². The third-order valence-corrected chi connectivity index (χ3v) is 3.58. The minimum Gasteiger partial charge on any atom is -0.394 e. The van der Waals surface area contributed by atoms with Gasteiger partial charge in [0, 0.05) is 0 Å². The second-order valence-electron chi connectivity index (χ2n) is 3.51. The number of rotatable bonds is 4. The Kier molecular flexibility index (Phi) is 4.38. The predicted octanol–water partition coefficient (Wildman–Crippen LogP) is 4.55. The third kappa shape index (κ3) is 3.88. The maximum absolute atomic E-state index is 11.9. The Hall–Kier alpha value is -1.19. The topological polar surface area (TPSA) is 55.8 Å². The molecular weight excluding hydrogens is 310 g/mol. The lowest BCUT2D eigenvalue weighted by atomic mass is 10.3. The minimum atomic E-state index is -4.36. The lowest BCUT2D eigenvalue weighted by Gasteiger charge is -2.15. The molecule has 2 aromatic rings. The summed E-state index contributed by atoms with van der Waals surface area (Å²) in [4.78, 5) is 9.66. The van der Waals surface area contributed by atoms with E-state index in [2.05, 4.69) is 0 Å². The highest BCUT2D eigenvalue weighted by Gasteiger charge is 2.27. The van der Waals surface area contributed by atoms with E-state index in [-0.39, 0.29) is 21.5 Å². The molecule has 0 unspecified atom stereocenters. The first-order valence-corrected chi connectivity index (χ1v) is 7.44. The Balaban J connectivity index is 2.18. The zero-order chi connectivity index (χ0) is 13.9. The quantitative estimate of drug-likeness (QED) is 0.840. The van der Waals surface area contributed by atoms with Gasteiger partial charge in [-0.15, -0.1) is 0 Å². The van der Waals surface area contributed by atoms with Crippen LogP contribution in [0.5, 0.6) is 11.5 Å². The Bertz CT molecular complexity index is 581. The molecule has 0 aliphatic carbocycles. The molecule has 0 aliphatic heterocycles. The van der Waals surface area contributed by atoms with Crippen molar-refractivity contribution in [2.24, 2.45) is 0 Å². The van der Waals surface area contributed by atoms with Crippen molar-refractivity contribution in [1.82, 2.24) is 0 Å². The van der Waals surface area contributed by atoms with Gasteiger partial charge >= 0.3 is 7.82 Å². The van der Waals surface area contributed by atoms with Crippen LogP contribution in [0, 0.1) is 0 Å². The first kappa shape index (κ1) is 14.2. The molecule has 19 heavy (non-hydrogen) atoms. The van der Waals surface area contributed by atoms with E-state index >= 15 is 0 Å². The van der Waals surface area contributed by atoms with Crippen LogP contribution < -0.4 is 9.05 Å². The van der Waals surface area contributed by atoms with E-state index in [0.29, 0.717) is 0 Å². The number of halogens is 2. The maximum Gasteiger partial charge on any atom is 0.585 e. The molecule has 2 aromatic carbocycles. The Morgan fingerprint density at radius 3 is 1.58 bits per heavy atom. The van der Waals surface area contributed by atoms with Crippen molar-refractivity contribution in [3.05, 3.63) is 58.6 Å². The summed E-state index contributed by atoms with van der Waals surface area (Å²) < 4.78 is 21.6. The van der Waals surface area contributed by atoms with Crippen molar-refractivity contribution in [2.45, 2.75) is 0 Å². The average Bonchev–Trinajstić information content (AvgIpc) is 2.35. The standard InChI is InChI=1S/C12H9Cl2O4P/c13-9-5-1-3-7-11(9)17-19(15,16)18-12-8-4-2-6-10(12)14/h1-8H,(H,15,16). The number of phosphoric ester groups is 1. The predicted molar refractivity (Wildman–Crippen MR) is 74.0 cm³/mol. The number of hydrogen-bond donors (Lipinski definition) is 1. The van der Waals surface area contributed by atoms with E-state index < -0.39 is 7.82 Å². The van der Waals surface area contributed by atoms with Crippen LogP contribution in [0.3, 0.4) is 0 Å². The maximum atomic E-state index is 11.9. The molecule has 0 aromatic heterocycles. The van der Waals surface area contributed by atoms with Gasteiger partial charge in [-0.05, 0) is 24.3 Å². The molecule has 0 atom stereocenters. The lowest BCUT2D eigenvalue weighted by Crippen LogP contribution is -2.00. The number of benzene rings is 2. The molecule has 0 spiro atoms. The molecule has 0 amide bonds. The van der Waals surface area contributed by atoms with Crippen molar-refractivity contribution in [2.75, 3.05) is 0 Å². The van der Waals surface area contributed by atoms with Gasteiger partial charge in [-0.2, -0.15) is 0 Å². The fourth-order valence-corrected chi connectivity index (χ4v) is 2.61. The largest absolute Gasteiger partial charge is 0.585 e. The highest BCUT2D eigenvalue weighted by Crippen LogP contribution is 2.47. The molecule has 100 valence electrons. The summed E-state index contributed by atoms with van der Waals surface area (Å²) in [5.41, 5.74) is 0. The number of hydrogen-bond acceptors (Lipinski definition) is 3. The van der Waals surface area contributed by atoms with Gasteiger partial charge in [0.05, 0.1) is 10.0 Å². The molecule has 0 aliphatic rings. The fourth-order valence-electron chi connectivity index (χ4n) is 1.30. The van der Waals surface area contributed by atoms with Crippen LogP contribution >= 0.6 is 31.0 Å².